The lowest BCUT2D eigenvalue weighted by atomic mass is 9.75. The van der Waals surface area contributed by atoms with E-state index in [4.69, 9.17) is 22.2 Å². The lowest BCUT2D eigenvalue weighted by molar-refractivity contribution is -0.137. The van der Waals surface area contributed by atoms with Gasteiger partial charge >= 0.3 is 6.18 Å². The highest BCUT2D eigenvalue weighted by molar-refractivity contribution is 7.81. The molecule has 1 amide bonds. The quantitative estimate of drug-likeness (QED) is 0.614. The van der Waals surface area contributed by atoms with Crippen molar-refractivity contribution in [2.45, 2.75) is 56.3 Å². The Bertz CT molecular complexity index is 1250. The van der Waals surface area contributed by atoms with Crippen molar-refractivity contribution in [2.75, 3.05) is 16.4 Å². The first kappa shape index (κ1) is 23.6. The highest BCUT2D eigenvalue weighted by Gasteiger charge is 2.59. The maximum Gasteiger partial charge on any atom is 0.417 e. The zero-order chi connectivity index (χ0) is 25.0. The Kier molecular flexibility index (Phi) is 5.73. The molecule has 0 aromatic heterocycles. The lowest BCUT2D eigenvalue weighted by Crippen LogP contribution is -2.55. The molecule has 0 unspecified atom stereocenters. The summed E-state index contributed by atoms with van der Waals surface area (Å²) in [7, 11) is 0. The summed E-state index contributed by atoms with van der Waals surface area (Å²) in [5.74, 6) is 0.307. The first-order valence-corrected chi connectivity index (χ1v) is 11.8. The van der Waals surface area contributed by atoms with Crippen LogP contribution in [0.25, 0.3) is 0 Å². The number of aryl methyl sites for hydroxylation is 1. The van der Waals surface area contributed by atoms with Gasteiger partial charge in [0.05, 0.1) is 29.5 Å². The van der Waals surface area contributed by atoms with E-state index in [1.54, 1.807) is 23.1 Å². The molecule has 3 aliphatic rings. The minimum atomic E-state index is -4.75. The van der Waals surface area contributed by atoms with Crippen LogP contribution in [0, 0.1) is 11.3 Å². The molecule has 1 atom stereocenters. The fourth-order valence-electron chi connectivity index (χ4n) is 5.11. The zero-order valence-corrected chi connectivity index (χ0v) is 19.5. The summed E-state index contributed by atoms with van der Waals surface area (Å²) in [4.78, 5) is 16.6. The summed E-state index contributed by atoms with van der Waals surface area (Å²) in [6.45, 7) is -0.0749. The molecule has 2 aliphatic heterocycles. The Hall–Kier alpha value is -3.16. The van der Waals surface area contributed by atoms with Crippen LogP contribution >= 0.6 is 12.2 Å². The van der Waals surface area contributed by atoms with E-state index in [1.807, 2.05) is 6.07 Å². The second-order valence-electron chi connectivity index (χ2n) is 9.09. The Morgan fingerprint density at radius 2 is 1.91 bits per heavy atom. The fraction of sp³-hybridized carbons (Fsp3) is 0.400. The number of carbonyl (C=O) groups excluding carboxylic acids is 1. The molecule has 35 heavy (non-hydrogen) atoms. The van der Waals surface area contributed by atoms with Crippen LogP contribution < -0.4 is 14.5 Å². The number of anilines is 2. The number of ether oxygens (including phenoxy) is 1. The number of halogens is 3. The number of hydrogen-bond acceptors (Lipinski definition) is 5. The SMILES string of the molecule is N#Cc1ccc(N2C(=O)C3(CCC3)N(c3ccc4c(c3)CCC[C@@H](CO)O4)C2=S)cc1C(F)(F)F. The first-order chi connectivity index (χ1) is 16.7. The van der Waals surface area contributed by atoms with E-state index in [9.17, 15) is 23.1 Å². The molecule has 10 heteroatoms. The van der Waals surface area contributed by atoms with Gasteiger partial charge in [0, 0.05) is 5.69 Å². The number of aliphatic hydroxyl groups excluding tert-OH is 1. The molecule has 6 nitrogen and oxygen atoms in total. The summed E-state index contributed by atoms with van der Waals surface area (Å²) in [5.41, 5.74) is -0.962. The van der Waals surface area contributed by atoms with Gasteiger partial charge in [0.1, 0.15) is 17.4 Å². The molecular weight excluding hydrogens is 479 g/mol. The first-order valence-electron chi connectivity index (χ1n) is 11.4. The Morgan fingerprint density at radius 1 is 1.17 bits per heavy atom. The average molecular weight is 502 g/mol. The maximum absolute atomic E-state index is 13.6. The number of amides is 1. The molecule has 5 rings (SSSR count). The molecule has 0 radical (unpaired) electrons. The fourth-order valence-corrected chi connectivity index (χ4v) is 5.58. The van der Waals surface area contributed by atoms with Crippen LogP contribution in [-0.4, -0.2) is 34.4 Å². The standard InChI is InChI=1S/C25H22F3N3O3S/c26-25(27,28)20-12-17(6-5-16(20)13-29)30-22(33)24(9-2-10-24)31(23(30)35)18-7-8-21-15(11-18)3-1-4-19(14-32)34-21/h5-8,11-12,19,32H,1-4,9-10,14H2/t19-/m0/s1. The molecule has 2 aromatic rings. The van der Waals surface area contributed by atoms with Gasteiger partial charge in [-0.1, -0.05) is 0 Å². The van der Waals surface area contributed by atoms with E-state index in [0.29, 0.717) is 24.3 Å². The minimum Gasteiger partial charge on any atom is -0.488 e. The molecule has 1 saturated heterocycles. The molecule has 1 N–H and O–H groups in total. The average Bonchev–Trinajstić information content (AvgIpc) is 2.92. The van der Waals surface area contributed by atoms with E-state index in [2.05, 4.69) is 0 Å². The highest BCUT2D eigenvalue weighted by atomic mass is 32.1. The second kappa shape index (κ2) is 8.50. The van der Waals surface area contributed by atoms with Gasteiger partial charge in [-0.25, -0.2) is 0 Å². The van der Waals surface area contributed by atoms with E-state index in [-0.39, 0.29) is 29.4 Å². The molecule has 2 fully saturated rings. The largest absolute Gasteiger partial charge is 0.488 e. The van der Waals surface area contributed by atoms with Crippen molar-refractivity contribution in [1.82, 2.24) is 0 Å². The van der Waals surface area contributed by atoms with Gasteiger partial charge < -0.3 is 14.7 Å². The van der Waals surface area contributed by atoms with Gasteiger partial charge in [-0.05, 0) is 92.7 Å². The predicted octanol–water partition coefficient (Wildman–Crippen LogP) is 4.71. The summed E-state index contributed by atoms with van der Waals surface area (Å²) < 4.78 is 46.7. The van der Waals surface area contributed by atoms with Gasteiger partial charge in [-0.2, -0.15) is 18.4 Å². The number of alkyl halides is 3. The maximum atomic E-state index is 13.6. The van der Waals surface area contributed by atoms with E-state index >= 15 is 0 Å². The molecule has 1 saturated carbocycles. The molecule has 0 bridgehead atoms. The van der Waals surface area contributed by atoms with Crippen LogP contribution in [0.1, 0.15) is 48.8 Å². The number of aliphatic hydroxyl groups is 1. The van der Waals surface area contributed by atoms with Crippen molar-refractivity contribution < 1.29 is 27.8 Å². The normalized spacial score (nSPS) is 21.3. The van der Waals surface area contributed by atoms with Crippen LogP contribution in [-0.2, 0) is 17.4 Å². The Labute approximate surface area is 205 Å². The van der Waals surface area contributed by atoms with Crippen LogP contribution in [0.3, 0.4) is 0 Å². The van der Waals surface area contributed by atoms with Gasteiger partial charge in [0.2, 0.25) is 0 Å². The van der Waals surface area contributed by atoms with Gasteiger partial charge in [-0.15, -0.1) is 0 Å². The number of nitriles is 1. The monoisotopic (exact) mass is 501 g/mol. The minimum absolute atomic E-state index is 0.0102. The van der Waals surface area contributed by atoms with Crippen LogP contribution in [0.2, 0.25) is 0 Å². The van der Waals surface area contributed by atoms with E-state index in [0.717, 1.165) is 48.3 Å². The van der Waals surface area contributed by atoms with Crippen molar-refractivity contribution in [3.63, 3.8) is 0 Å². The zero-order valence-electron chi connectivity index (χ0n) is 18.6. The van der Waals surface area contributed by atoms with Crippen LogP contribution in [0.5, 0.6) is 5.75 Å². The molecule has 1 spiro atoms. The molecule has 182 valence electrons. The van der Waals surface area contributed by atoms with Gasteiger partial charge in [0.15, 0.2) is 5.11 Å². The van der Waals surface area contributed by atoms with Crippen molar-refractivity contribution in [3.05, 3.63) is 53.1 Å². The van der Waals surface area contributed by atoms with Gasteiger partial charge in [0.25, 0.3) is 5.91 Å². The van der Waals surface area contributed by atoms with E-state index < -0.39 is 22.8 Å². The number of fused-ring (bicyclic) bond motifs is 1. The Morgan fingerprint density at radius 3 is 2.54 bits per heavy atom. The van der Waals surface area contributed by atoms with Crippen molar-refractivity contribution in [2.24, 2.45) is 0 Å². The number of nitrogens with zero attached hydrogens (tertiary/aromatic N) is 3. The summed E-state index contributed by atoms with van der Waals surface area (Å²) in [6.07, 6.45) is -0.878. The third kappa shape index (κ3) is 3.74. The summed E-state index contributed by atoms with van der Waals surface area (Å²) in [5, 5.41) is 18.7. The number of benzene rings is 2. The molecule has 2 heterocycles. The van der Waals surface area contributed by atoms with Crippen LogP contribution in [0.4, 0.5) is 24.5 Å². The third-order valence-electron chi connectivity index (χ3n) is 7.05. The molecular formula is C25H22F3N3O3S. The number of carbonyl (C=O) groups is 1. The highest BCUT2D eigenvalue weighted by Crippen LogP contribution is 2.49. The summed E-state index contributed by atoms with van der Waals surface area (Å²) >= 11 is 5.69. The number of rotatable bonds is 3. The lowest BCUT2D eigenvalue weighted by Gasteiger charge is -2.43. The predicted molar refractivity (Wildman–Crippen MR) is 126 cm³/mol. The van der Waals surface area contributed by atoms with Crippen LogP contribution in [0.15, 0.2) is 36.4 Å². The third-order valence-corrected chi connectivity index (χ3v) is 7.42. The van der Waals surface area contributed by atoms with Crippen molar-refractivity contribution in [1.29, 1.82) is 5.26 Å². The second-order valence-corrected chi connectivity index (χ2v) is 9.45. The molecule has 2 aromatic carbocycles. The van der Waals surface area contributed by atoms with Crippen molar-refractivity contribution >= 4 is 34.6 Å². The Balaban J connectivity index is 1.56. The molecule has 1 aliphatic carbocycles. The topological polar surface area (TPSA) is 76.8 Å². The smallest absolute Gasteiger partial charge is 0.417 e. The number of thiocarbonyl (C=S) groups is 1. The summed E-state index contributed by atoms with van der Waals surface area (Å²) in [6, 6.07) is 10.3. The van der Waals surface area contributed by atoms with Gasteiger partial charge in [-0.3, -0.25) is 9.69 Å². The van der Waals surface area contributed by atoms with E-state index in [1.165, 1.54) is 6.07 Å². The van der Waals surface area contributed by atoms with Crippen molar-refractivity contribution in [3.8, 4) is 11.8 Å². The number of hydrogen-bond donors (Lipinski definition) is 1.